The minimum atomic E-state index is -1.13. The lowest BCUT2D eigenvalue weighted by Crippen LogP contribution is -2.49. The van der Waals surface area contributed by atoms with Crippen molar-refractivity contribution in [3.05, 3.63) is 28.8 Å². The average Bonchev–Trinajstić information content (AvgIpc) is 2.98. The number of esters is 2. The van der Waals surface area contributed by atoms with E-state index in [4.69, 9.17) is 14.2 Å². The number of aryl methyl sites for hydroxylation is 2. The number of carbonyl (C=O) groups is 2. The van der Waals surface area contributed by atoms with Crippen LogP contribution in [0.1, 0.15) is 75.5 Å². The molecule has 1 heterocycles. The molecule has 1 saturated carbocycles. The normalized spacial score (nSPS) is 31.9. The Morgan fingerprint density at radius 2 is 2.00 bits per heavy atom. The summed E-state index contributed by atoms with van der Waals surface area (Å²) in [5, 5.41) is 0. The number of fused-ring (bicyclic) bond motifs is 3. The molecule has 158 valence electrons. The van der Waals surface area contributed by atoms with Crippen LogP contribution in [0.4, 0.5) is 0 Å². The third-order valence-electron chi connectivity index (χ3n) is 8.21. The van der Waals surface area contributed by atoms with Gasteiger partial charge in [-0.3, -0.25) is 4.79 Å². The van der Waals surface area contributed by atoms with Gasteiger partial charge in [0.1, 0.15) is 5.75 Å². The smallest absolute Gasteiger partial charge is 0.351 e. The van der Waals surface area contributed by atoms with Crippen molar-refractivity contribution in [2.45, 2.75) is 77.7 Å². The maximum absolute atomic E-state index is 13.0. The van der Waals surface area contributed by atoms with Crippen LogP contribution in [0.25, 0.3) is 0 Å². The summed E-state index contributed by atoms with van der Waals surface area (Å²) in [7, 11) is 1.71. The molecular weight excluding hydrogens is 368 g/mol. The van der Waals surface area contributed by atoms with Crippen molar-refractivity contribution in [1.29, 1.82) is 0 Å². The number of carbonyl (C=O) groups excluding carboxylic acids is 2. The van der Waals surface area contributed by atoms with Crippen LogP contribution in [0.15, 0.2) is 12.1 Å². The Bertz CT molecular complexity index is 857. The number of rotatable bonds is 5. The van der Waals surface area contributed by atoms with Crippen molar-refractivity contribution < 1.29 is 23.8 Å². The molecule has 5 heteroatoms. The highest BCUT2D eigenvalue weighted by Crippen LogP contribution is 2.65. The number of benzene rings is 1. The monoisotopic (exact) mass is 400 g/mol. The first-order valence-electron chi connectivity index (χ1n) is 10.7. The predicted molar refractivity (Wildman–Crippen MR) is 109 cm³/mol. The Morgan fingerprint density at radius 3 is 2.62 bits per heavy atom. The van der Waals surface area contributed by atoms with Gasteiger partial charge >= 0.3 is 11.9 Å². The van der Waals surface area contributed by atoms with Gasteiger partial charge in [0.25, 0.3) is 0 Å². The van der Waals surface area contributed by atoms with Gasteiger partial charge in [-0.05, 0) is 81.0 Å². The first kappa shape index (κ1) is 20.2. The van der Waals surface area contributed by atoms with Gasteiger partial charge in [-0.1, -0.05) is 19.9 Å². The summed E-state index contributed by atoms with van der Waals surface area (Å²) < 4.78 is 16.8. The molecule has 0 amide bonds. The fourth-order valence-electron chi connectivity index (χ4n) is 5.68. The van der Waals surface area contributed by atoms with Gasteiger partial charge in [-0.2, -0.15) is 0 Å². The van der Waals surface area contributed by atoms with Crippen LogP contribution in [-0.4, -0.2) is 31.3 Å². The summed E-state index contributed by atoms with van der Waals surface area (Å²) >= 11 is 0. The summed E-state index contributed by atoms with van der Waals surface area (Å²) in [6.07, 6.45) is 5.29. The van der Waals surface area contributed by atoms with Gasteiger partial charge < -0.3 is 14.2 Å². The summed E-state index contributed by atoms with van der Waals surface area (Å²) in [5.41, 5.74) is 1.53. The highest BCUT2D eigenvalue weighted by molar-refractivity contribution is 5.93. The van der Waals surface area contributed by atoms with Crippen molar-refractivity contribution >= 4 is 11.9 Å². The van der Waals surface area contributed by atoms with Crippen LogP contribution < -0.4 is 4.74 Å². The Labute approximate surface area is 173 Å². The molecule has 4 rings (SSSR count). The Morgan fingerprint density at radius 1 is 1.24 bits per heavy atom. The maximum atomic E-state index is 13.0. The van der Waals surface area contributed by atoms with Gasteiger partial charge in [0.2, 0.25) is 5.60 Å². The molecule has 2 fully saturated rings. The highest BCUT2D eigenvalue weighted by atomic mass is 16.6. The van der Waals surface area contributed by atoms with Gasteiger partial charge in [0, 0.05) is 5.41 Å². The molecule has 0 radical (unpaired) electrons. The fraction of sp³-hybridized carbons (Fsp3) is 0.667. The number of hydrogen-bond acceptors (Lipinski definition) is 5. The van der Waals surface area contributed by atoms with E-state index in [1.54, 1.807) is 7.11 Å². The SMILES string of the molecule is COc1cc2c(cc1C)[C@@H](CCOC(=O)[C@@]13CC[C@@](C)(C(=O)O1)C3(C)C)CCC2. The molecule has 2 aliphatic carbocycles. The van der Waals surface area contributed by atoms with Crippen molar-refractivity contribution in [3.8, 4) is 5.75 Å². The van der Waals surface area contributed by atoms with Crippen molar-refractivity contribution in [1.82, 2.24) is 0 Å². The van der Waals surface area contributed by atoms with Crippen LogP contribution in [0.2, 0.25) is 0 Å². The lowest BCUT2D eigenvalue weighted by molar-refractivity contribution is -0.183. The fourth-order valence-corrected chi connectivity index (χ4v) is 5.68. The number of methoxy groups -OCH3 is 1. The summed E-state index contributed by atoms with van der Waals surface area (Å²) in [6.45, 7) is 8.24. The first-order valence-corrected chi connectivity index (χ1v) is 10.7. The third-order valence-corrected chi connectivity index (χ3v) is 8.21. The van der Waals surface area contributed by atoms with Crippen molar-refractivity contribution in [2.75, 3.05) is 13.7 Å². The lowest BCUT2D eigenvalue weighted by atomic mass is 9.66. The molecule has 1 aromatic rings. The maximum Gasteiger partial charge on any atom is 0.351 e. The average molecular weight is 401 g/mol. The van der Waals surface area contributed by atoms with Crippen LogP contribution in [-0.2, 0) is 25.5 Å². The molecule has 1 aromatic carbocycles. The molecular formula is C24H32O5. The second-order valence-corrected chi connectivity index (χ2v) is 9.71. The molecule has 5 nitrogen and oxygen atoms in total. The Hall–Kier alpha value is -2.04. The van der Waals surface area contributed by atoms with Crippen molar-refractivity contribution in [3.63, 3.8) is 0 Å². The summed E-state index contributed by atoms with van der Waals surface area (Å²) in [5.74, 6) is 0.668. The van der Waals surface area contributed by atoms with E-state index >= 15 is 0 Å². The van der Waals surface area contributed by atoms with E-state index in [-0.39, 0.29) is 11.9 Å². The zero-order valence-electron chi connectivity index (χ0n) is 18.2. The minimum absolute atomic E-state index is 0.267. The lowest BCUT2D eigenvalue weighted by Gasteiger charge is -2.34. The van der Waals surface area contributed by atoms with Crippen LogP contribution in [0.5, 0.6) is 5.75 Å². The second kappa shape index (κ2) is 6.75. The van der Waals surface area contributed by atoms with Gasteiger partial charge in [0.05, 0.1) is 19.1 Å². The highest BCUT2D eigenvalue weighted by Gasteiger charge is 2.76. The molecule has 0 unspecified atom stereocenters. The zero-order chi connectivity index (χ0) is 21.0. The predicted octanol–water partition coefficient (Wildman–Crippen LogP) is 4.48. The second-order valence-electron chi connectivity index (χ2n) is 9.71. The van der Waals surface area contributed by atoms with Gasteiger partial charge in [-0.25, -0.2) is 4.79 Å². The van der Waals surface area contributed by atoms with E-state index in [9.17, 15) is 9.59 Å². The topological polar surface area (TPSA) is 61.8 Å². The molecule has 1 saturated heterocycles. The van der Waals surface area contributed by atoms with E-state index in [1.807, 2.05) is 20.8 Å². The molecule has 3 atom stereocenters. The first-order chi connectivity index (χ1) is 13.7. The summed E-state index contributed by atoms with van der Waals surface area (Å²) in [6, 6.07) is 4.38. The van der Waals surface area contributed by atoms with Gasteiger partial charge in [0.15, 0.2) is 0 Å². The van der Waals surface area contributed by atoms with Crippen molar-refractivity contribution in [2.24, 2.45) is 10.8 Å². The van der Waals surface area contributed by atoms with Gasteiger partial charge in [-0.15, -0.1) is 0 Å². The Balaban J connectivity index is 1.44. The van der Waals surface area contributed by atoms with E-state index in [2.05, 4.69) is 19.1 Å². The van der Waals surface area contributed by atoms with Crippen LogP contribution in [0, 0.1) is 17.8 Å². The summed E-state index contributed by atoms with van der Waals surface area (Å²) in [4.78, 5) is 25.4. The standard InChI is InChI=1S/C24H32O5/c1-15-13-18-16(7-6-8-17(18)14-19(15)27-5)9-12-28-21(26)24-11-10-23(4,20(25)29-24)22(24,2)3/h13-14,16H,6-12H2,1-5H3/t16-,23+,24-/m1/s1. The van der Waals surface area contributed by atoms with Crippen LogP contribution in [0.3, 0.4) is 0 Å². The molecule has 0 spiro atoms. The van der Waals surface area contributed by atoms with E-state index in [1.165, 1.54) is 11.1 Å². The number of hydrogen-bond donors (Lipinski definition) is 0. The largest absolute Gasteiger partial charge is 0.496 e. The molecule has 2 bridgehead atoms. The quantitative estimate of drug-likeness (QED) is 0.682. The molecule has 0 N–H and O–H groups in total. The molecule has 3 aliphatic rings. The van der Waals surface area contributed by atoms with Crippen LogP contribution >= 0.6 is 0 Å². The zero-order valence-corrected chi connectivity index (χ0v) is 18.2. The molecule has 1 aliphatic heterocycles. The van der Waals surface area contributed by atoms with E-state index < -0.39 is 16.4 Å². The number of ether oxygens (including phenoxy) is 3. The third kappa shape index (κ3) is 2.72. The van der Waals surface area contributed by atoms with E-state index in [0.717, 1.165) is 37.0 Å². The molecule has 29 heavy (non-hydrogen) atoms. The minimum Gasteiger partial charge on any atom is -0.496 e. The molecule has 0 aromatic heterocycles. The van der Waals surface area contributed by atoms with E-state index in [0.29, 0.717) is 25.4 Å². The Kier molecular flexibility index (Phi) is 4.71.